The maximum Gasteiger partial charge on any atom is 0.407 e. The summed E-state index contributed by atoms with van der Waals surface area (Å²) >= 11 is 5.14. The third-order valence-corrected chi connectivity index (χ3v) is 9.10. The van der Waals surface area contributed by atoms with Gasteiger partial charge in [0, 0.05) is 73.6 Å². The minimum absolute atomic E-state index is 0.0625. The highest BCUT2D eigenvalue weighted by atomic mass is 32.1. The van der Waals surface area contributed by atoms with Crippen LogP contribution in [0.15, 0.2) is 48.5 Å². The van der Waals surface area contributed by atoms with E-state index in [-0.39, 0.29) is 29.5 Å². The highest BCUT2D eigenvalue weighted by Gasteiger charge is 2.33. The Morgan fingerprint density at radius 3 is 2.56 bits per heavy atom. The molecular formula is C36H52BN3O4S. The van der Waals surface area contributed by atoms with E-state index in [0.717, 1.165) is 50.8 Å². The number of alkyl carbamates (subject to hydrolysis) is 1. The van der Waals surface area contributed by atoms with Gasteiger partial charge in [-0.05, 0) is 70.1 Å². The Balaban J connectivity index is 1.60. The molecule has 1 fully saturated rings. The zero-order chi connectivity index (χ0) is 32.6. The Kier molecular flexibility index (Phi) is 12.5. The minimum atomic E-state index is -0.620. The minimum Gasteiger partial charge on any atom is -0.444 e. The molecule has 2 aromatic carbocycles. The molecule has 1 N–H and O–H groups in total. The predicted molar refractivity (Wildman–Crippen MR) is 190 cm³/mol. The van der Waals surface area contributed by atoms with Crippen molar-refractivity contribution in [1.29, 1.82) is 0 Å². The second kappa shape index (κ2) is 16.1. The van der Waals surface area contributed by atoms with Crippen LogP contribution in [0.25, 0.3) is 10.9 Å². The zero-order valence-electron chi connectivity index (χ0n) is 28.1. The summed E-state index contributed by atoms with van der Waals surface area (Å²) in [5.74, 6) is 0.265. The largest absolute Gasteiger partial charge is 0.444 e. The topological polar surface area (TPSA) is 72.8 Å². The quantitative estimate of drug-likeness (QED) is 0.139. The van der Waals surface area contributed by atoms with Crippen molar-refractivity contribution in [2.24, 2.45) is 0 Å². The fraction of sp³-hybridized carbons (Fsp3) is 0.556. The summed E-state index contributed by atoms with van der Waals surface area (Å²) in [5.41, 5.74) is 5.50. The number of carbonyl (C=O) groups is 2. The van der Waals surface area contributed by atoms with Crippen molar-refractivity contribution in [2.45, 2.75) is 102 Å². The van der Waals surface area contributed by atoms with Crippen LogP contribution >= 0.6 is 12.6 Å². The van der Waals surface area contributed by atoms with E-state index in [4.69, 9.17) is 22.1 Å². The van der Waals surface area contributed by atoms with Gasteiger partial charge in [0.25, 0.3) is 0 Å². The van der Waals surface area contributed by atoms with Gasteiger partial charge in [-0.25, -0.2) is 4.79 Å². The SMILES string of the molecule is Bc1ccc(C[C@H](CC(=O)N2CCCC(c3c(C(S)CCC)c4ccccc4n3CCCOC)C2)NC(=O)OC(C)(C)C)cc1. The number of hydrogen-bond acceptors (Lipinski definition) is 5. The first-order valence-electron chi connectivity index (χ1n) is 16.6. The highest BCUT2D eigenvalue weighted by Crippen LogP contribution is 2.42. The molecule has 7 nitrogen and oxygen atoms in total. The van der Waals surface area contributed by atoms with Crippen LogP contribution in [0.3, 0.4) is 0 Å². The molecule has 0 radical (unpaired) electrons. The van der Waals surface area contributed by atoms with Crippen LogP contribution in [0.4, 0.5) is 4.79 Å². The second-order valence-corrected chi connectivity index (χ2v) is 14.2. The lowest BCUT2D eigenvalue weighted by Crippen LogP contribution is -2.46. The third kappa shape index (κ3) is 9.55. The number of hydrogen-bond donors (Lipinski definition) is 2. The number of amides is 2. The maximum absolute atomic E-state index is 14.0. The number of rotatable bonds is 13. The van der Waals surface area contributed by atoms with Gasteiger partial charge in [-0.1, -0.05) is 61.3 Å². The Morgan fingerprint density at radius 2 is 1.87 bits per heavy atom. The molecule has 2 heterocycles. The first-order chi connectivity index (χ1) is 21.5. The number of benzene rings is 2. The molecule has 9 heteroatoms. The van der Waals surface area contributed by atoms with E-state index in [9.17, 15) is 9.59 Å². The molecule has 0 saturated carbocycles. The number of likely N-dealkylation sites (tertiary alicyclic amines) is 1. The highest BCUT2D eigenvalue weighted by molar-refractivity contribution is 7.80. The van der Waals surface area contributed by atoms with E-state index >= 15 is 0 Å². The number of aromatic nitrogens is 1. The lowest BCUT2D eigenvalue weighted by molar-refractivity contribution is -0.132. The van der Waals surface area contributed by atoms with Crippen LogP contribution in [0, 0.1) is 0 Å². The van der Waals surface area contributed by atoms with E-state index in [1.165, 1.54) is 27.6 Å². The first-order valence-corrected chi connectivity index (χ1v) is 17.1. The Morgan fingerprint density at radius 1 is 1.13 bits per heavy atom. The number of fused-ring (bicyclic) bond motifs is 1. The molecular weight excluding hydrogens is 581 g/mol. The number of thiol groups is 1. The monoisotopic (exact) mass is 633 g/mol. The molecule has 0 spiro atoms. The molecule has 1 saturated heterocycles. The van der Waals surface area contributed by atoms with Crippen molar-refractivity contribution in [2.75, 3.05) is 26.8 Å². The molecule has 2 unspecified atom stereocenters. The van der Waals surface area contributed by atoms with Crippen LogP contribution in [-0.2, 0) is 27.2 Å². The van der Waals surface area contributed by atoms with Gasteiger partial charge in [-0.2, -0.15) is 12.6 Å². The predicted octanol–water partition coefficient (Wildman–Crippen LogP) is 5.94. The smallest absolute Gasteiger partial charge is 0.407 e. The van der Waals surface area contributed by atoms with E-state index < -0.39 is 11.7 Å². The van der Waals surface area contributed by atoms with Crippen LogP contribution in [-0.4, -0.2) is 67.8 Å². The van der Waals surface area contributed by atoms with E-state index in [0.29, 0.717) is 19.6 Å². The molecule has 4 rings (SSSR count). The molecule has 1 aromatic heterocycles. The van der Waals surface area contributed by atoms with Gasteiger partial charge < -0.3 is 24.3 Å². The van der Waals surface area contributed by atoms with E-state index in [1.54, 1.807) is 7.11 Å². The van der Waals surface area contributed by atoms with Gasteiger partial charge in [0.2, 0.25) is 5.91 Å². The molecule has 3 aromatic rings. The van der Waals surface area contributed by atoms with Gasteiger partial charge in [-0.15, -0.1) is 0 Å². The Bertz CT molecular complexity index is 1420. The van der Waals surface area contributed by atoms with Crippen LogP contribution in [0.2, 0.25) is 0 Å². The number of piperidine rings is 1. The summed E-state index contributed by atoms with van der Waals surface area (Å²) in [6.45, 7) is 10.7. The standard InChI is InChI=1S/C36H52BN3O4S/c1-6-11-31(45)33-29-13-7-8-14-30(29)40(20-10-21-43-5)34(33)26-12-9-19-39(24-26)32(41)23-28(38-35(42)44-36(2,3)4)22-25-15-17-27(37)18-16-25/h7-8,13-18,26,28,31,45H,6,9-12,19-24,37H2,1-5H3,(H,38,42)/t26?,28-,31?/m1/s1. The van der Waals surface area contributed by atoms with E-state index in [1.807, 2.05) is 25.7 Å². The van der Waals surface area contributed by atoms with Crippen molar-refractivity contribution >= 4 is 48.8 Å². The van der Waals surface area contributed by atoms with Crippen molar-refractivity contribution in [3.8, 4) is 0 Å². The average Bonchev–Trinajstić information content (AvgIpc) is 3.32. The molecule has 3 atom stereocenters. The number of methoxy groups -OCH3 is 1. The molecule has 2 amide bonds. The number of para-hydroxylation sites is 1. The van der Waals surface area contributed by atoms with Gasteiger partial charge in [0.05, 0.1) is 0 Å². The second-order valence-electron chi connectivity index (χ2n) is 13.5. The van der Waals surface area contributed by atoms with Crippen molar-refractivity contribution < 1.29 is 19.1 Å². The molecule has 45 heavy (non-hydrogen) atoms. The summed E-state index contributed by atoms with van der Waals surface area (Å²) in [5, 5.41) is 4.40. The fourth-order valence-electron chi connectivity index (χ4n) is 6.59. The Labute approximate surface area is 276 Å². The van der Waals surface area contributed by atoms with Crippen molar-refractivity contribution in [3.63, 3.8) is 0 Å². The summed E-state index contributed by atoms with van der Waals surface area (Å²) in [7, 11) is 3.80. The molecule has 1 aliphatic heterocycles. The van der Waals surface area contributed by atoms with Crippen molar-refractivity contribution in [1.82, 2.24) is 14.8 Å². The molecule has 0 bridgehead atoms. The zero-order valence-corrected chi connectivity index (χ0v) is 29.0. The number of aryl methyl sites for hydroxylation is 1. The van der Waals surface area contributed by atoms with Crippen molar-refractivity contribution in [3.05, 3.63) is 65.4 Å². The number of nitrogens with zero attached hydrogens (tertiary/aromatic N) is 2. The van der Waals surface area contributed by atoms with Crippen LogP contribution in [0.5, 0.6) is 0 Å². The molecule has 1 aliphatic rings. The summed E-state index contributed by atoms with van der Waals surface area (Å²) < 4.78 is 13.5. The molecule has 244 valence electrons. The third-order valence-electron chi connectivity index (χ3n) is 8.58. The van der Waals surface area contributed by atoms with Gasteiger partial charge in [0.1, 0.15) is 13.4 Å². The van der Waals surface area contributed by atoms with Gasteiger partial charge in [-0.3, -0.25) is 4.79 Å². The first kappa shape index (κ1) is 35.0. The maximum atomic E-state index is 14.0. The normalized spacial score (nSPS) is 16.8. The fourth-order valence-corrected chi connectivity index (χ4v) is 7.12. The molecule has 0 aliphatic carbocycles. The Hall–Kier alpha value is -2.91. The number of carbonyl (C=O) groups excluding carboxylic acids is 2. The van der Waals surface area contributed by atoms with Gasteiger partial charge >= 0.3 is 6.09 Å². The summed E-state index contributed by atoms with van der Waals surface area (Å²) in [6, 6.07) is 16.5. The van der Waals surface area contributed by atoms with Crippen LogP contribution in [0.1, 0.15) is 94.2 Å². The number of ether oxygens (including phenoxy) is 2. The number of nitrogens with one attached hydrogen (secondary N) is 1. The van der Waals surface area contributed by atoms with Gasteiger partial charge in [0.15, 0.2) is 0 Å². The van der Waals surface area contributed by atoms with Crippen LogP contribution < -0.4 is 10.8 Å². The average molecular weight is 634 g/mol. The lowest BCUT2D eigenvalue weighted by Gasteiger charge is -2.35. The lowest BCUT2D eigenvalue weighted by atomic mass is 9.89. The summed E-state index contributed by atoms with van der Waals surface area (Å²) in [4.78, 5) is 28.8. The van der Waals surface area contributed by atoms with E-state index in [2.05, 4.69) is 73.2 Å². The summed E-state index contributed by atoms with van der Waals surface area (Å²) in [6.07, 6.45) is 5.19.